The van der Waals surface area contributed by atoms with Gasteiger partial charge in [-0.05, 0) is 66.8 Å². The molecule has 3 rings (SSSR count). The Kier molecular flexibility index (Phi) is 3.74. The van der Waals surface area contributed by atoms with Crippen LogP contribution in [0.5, 0.6) is 11.5 Å². The zero-order valence-corrected chi connectivity index (χ0v) is 12.5. The Bertz CT molecular complexity index is 622. The SMILES string of the molecule is COc1ccc2c(c1)CCC(N(C)c1ccc(O)cc1)C2. The van der Waals surface area contributed by atoms with Crippen molar-refractivity contribution in [3.8, 4) is 11.5 Å². The number of fused-ring (bicyclic) bond motifs is 1. The minimum absolute atomic E-state index is 0.313. The highest BCUT2D eigenvalue weighted by atomic mass is 16.5. The van der Waals surface area contributed by atoms with E-state index >= 15 is 0 Å². The van der Waals surface area contributed by atoms with Crippen LogP contribution in [0.1, 0.15) is 17.5 Å². The molecular weight excluding hydrogens is 262 g/mol. The van der Waals surface area contributed by atoms with Crippen molar-refractivity contribution >= 4 is 5.69 Å². The smallest absolute Gasteiger partial charge is 0.119 e. The number of anilines is 1. The van der Waals surface area contributed by atoms with Crippen molar-refractivity contribution in [2.24, 2.45) is 0 Å². The van der Waals surface area contributed by atoms with Crippen molar-refractivity contribution < 1.29 is 9.84 Å². The van der Waals surface area contributed by atoms with E-state index in [-0.39, 0.29) is 0 Å². The van der Waals surface area contributed by atoms with E-state index in [1.807, 2.05) is 18.2 Å². The van der Waals surface area contributed by atoms with Gasteiger partial charge in [0.25, 0.3) is 0 Å². The molecule has 1 aliphatic carbocycles. The van der Waals surface area contributed by atoms with E-state index in [2.05, 4.69) is 24.1 Å². The number of aryl methyl sites for hydroxylation is 1. The summed E-state index contributed by atoms with van der Waals surface area (Å²) in [7, 11) is 3.84. The van der Waals surface area contributed by atoms with E-state index in [1.54, 1.807) is 19.2 Å². The Balaban J connectivity index is 1.77. The fraction of sp³-hybridized carbons (Fsp3) is 0.333. The quantitative estimate of drug-likeness (QED) is 0.937. The van der Waals surface area contributed by atoms with E-state index in [0.29, 0.717) is 11.8 Å². The molecule has 0 radical (unpaired) electrons. The molecular formula is C18H21NO2. The van der Waals surface area contributed by atoms with Gasteiger partial charge in [0.2, 0.25) is 0 Å². The molecule has 1 aliphatic rings. The molecule has 0 aromatic heterocycles. The molecule has 0 heterocycles. The molecule has 21 heavy (non-hydrogen) atoms. The molecule has 1 N–H and O–H groups in total. The van der Waals surface area contributed by atoms with E-state index in [0.717, 1.165) is 30.7 Å². The molecule has 2 aromatic carbocycles. The lowest BCUT2D eigenvalue weighted by molar-refractivity contribution is 0.413. The molecule has 0 amide bonds. The topological polar surface area (TPSA) is 32.7 Å². The van der Waals surface area contributed by atoms with Crippen LogP contribution in [-0.4, -0.2) is 25.3 Å². The Morgan fingerprint density at radius 3 is 2.57 bits per heavy atom. The van der Waals surface area contributed by atoms with Crippen LogP contribution in [0.2, 0.25) is 0 Å². The van der Waals surface area contributed by atoms with Gasteiger partial charge in [-0.1, -0.05) is 6.07 Å². The molecule has 2 aromatic rings. The van der Waals surface area contributed by atoms with Crippen LogP contribution in [0.25, 0.3) is 0 Å². The predicted octanol–water partition coefficient (Wildman–Crippen LogP) is 3.39. The number of aromatic hydroxyl groups is 1. The van der Waals surface area contributed by atoms with Crippen LogP contribution in [0.4, 0.5) is 5.69 Å². The summed E-state index contributed by atoms with van der Waals surface area (Å²) >= 11 is 0. The van der Waals surface area contributed by atoms with E-state index in [9.17, 15) is 5.11 Å². The maximum atomic E-state index is 9.40. The molecule has 3 heteroatoms. The van der Waals surface area contributed by atoms with Gasteiger partial charge in [0.15, 0.2) is 0 Å². The van der Waals surface area contributed by atoms with E-state index in [1.165, 1.54) is 11.1 Å². The van der Waals surface area contributed by atoms with Crippen LogP contribution in [0, 0.1) is 0 Å². The Hall–Kier alpha value is -2.16. The summed E-state index contributed by atoms with van der Waals surface area (Å²) in [4.78, 5) is 2.31. The largest absolute Gasteiger partial charge is 0.508 e. The number of likely N-dealkylation sites (N-methyl/N-ethyl adjacent to an activating group) is 1. The van der Waals surface area contributed by atoms with Gasteiger partial charge < -0.3 is 14.7 Å². The predicted molar refractivity (Wildman–Crippen MR) is 85.3 cm³/mol. The standard InChI is InChI=1S/C18H21NO2/c1-19(15-6-8-17(20)9-7-15)16-5-3-14-12-18(21-2)10-4-13(14)11-16/h4,6-10,12,16,20H,3,5,11H2,1-2H3. The second-order valence-electron chi connectivity index (χ2n) is 5.66. The summed E-state index contributed by atoms with van der Waals surface area (Å²) in [5.74, 6) is 1.26. The van der Waals surface area contributed by atoms with Gasteiger partial charge in [-0.25, -0.2) is 0 Å². The van der Waals surface area contributed by atoms with Crippen LogP contribution in [-0.2, 0) is 12.8 Å². The highest BCUT2D eigenvalue weighted by molar-refractivity contribution is 5.50. The summed E-state index contributed by atoms with van der Waals surface area (Å²) in [5.41, 5.74) is 3.97. The zero-order valence-electron chi connectivity index (χ0n) is 12.5. The van der Waals surface area contributed by atoms with Gasteiger partial charge in [0.1, 0.15) is 11.5 Å². The first-order chi connectivity index (χ1) is 10.2. The van der Waals surface area contributed by atoms with Crippen molar-refractivity contribution in [3.63, 3.8) is 0 Å². The number of phenols is 1. The van der Waals surface area contributed by atoms with E-state index < -0.39 is 0 Å². The summed E-state index contributed by atoms with van der Waals surface area (Å²) in [6, 6.07) is 14.3. The van der Waals surface area contributed by atoms with Gasteiger partial charge in [0.05, 0.1) is 7.11 Å². The lowest BCUT2D eigenvalue weighted by Crippen LogP contribution is -2.36. The van der Waals surface area contributed by atoms with Crippen molar-refractivity contribution in [1.82, 2.24) is 0 Å². The Morgan fingerprint density at radius 1 is 1.10 bits per heavy atom. The molecule has 1 unspecified atom stereocenters. The normalized spacial score (nSPS) is 17.1. The molecule has 0 saturated carbocycles. The first kappa shape index (κ1) is 13.8. The number of nitrogens with zero attached hydrogens (tertiary/aromatic N) is 1. The summed E-state index contributed by atoms with van der Waals surface area (Å²) in [6.45, 7) is 0. The third kappa shape index (κ3) is 2.82. The van der Waals surface area contributed by atoms with Gasteiger partial charge >= 0.3 is 0 Å². The monoisotopic (exact) mass is 283 g/mol. The molecule has 1 atom stereocenters. The average Bonchev–Trinajstić information content (AvgIpc) is 2.54. The first-order valence-electron chi connectivity index (χ1n) is 7.35. The number of hydrogen-bond donors (Lipinski definition) is 1. The second kappa shape index (κ2) is 5.68. The number of rotatable bonds is 3. The number of benzene rings is 2. The van der Waals surface area contributed by atoms with Crippen LogP contribution >= 0.6 is 0 Å². The van der Waals surface area contributed by atoms with Crippen LogP contribution in [0.3, 0.4) is 0 Å². The molecule has 0 spiro atoms. The van der Waals surface area contributed by atoms with Crippen molar-refractivity contribution in [2.45, 2.75) is 25.3 Å². The van der Waals surface area contributed by atoms with Gasteiger partial charge in [0, 0.05) is 18.8 Å². The molecule has 0 bridgehead atoms. The highest BCUT2D eigenvalue weighted by Crippen LogP contribution is 2.29. The maximum Gasteiger partial charge on any atom is 0.119 e. The van der Waals surface area contributed by atoms with Crippen molar-refractivity contribution in [3.05, 3.63) is 53.6 Å². The van der Waals surface area contributed by atoms with Gasteiger partial charge in [-0.3, -0.25) is 0 Å². The lowest BCUT2D eigenvalue weighted by atomic mass is 9.87. The number of phenolic OH excluding ortho intramolecular Hbond substituents is 1. The van der Waals surface area contributed by atoms with Crippen LogP contribution < -0.4 is 9.64 Å². The third-order valence-corrected chi connectivity index (χ3v) is 4.42. The van der Waals surface area contributed by atoms with Gasteiger partial charge in [-0.15, -0.1) is 0 Å². The number of methoxy groups -OCH3 is 1. The summed E-state index contributed by atoms with van der Waals surface area (Å²) in [6.07, 6.45) is 3.27. The Labute approximate surface area is 125 Å². The van der Waals surface area contributed by atoms with Crippen LogP contribution in [0.15, 0.2) is 42.5 Å². The first-order valence-corrected chi connectivity index (χ1v) is 7.35. The van der Waals surface area contributed by atoms with E-state index in [4.69, 9.17) is 4.74 Å². The molecule has 0 saturated heterocycles. The zero-order chi connectivity index (χ0) is 14.8. The summed E-state index contributed by atoms with van der Waals surface area (Å²) < 4.78 is 5.30. The molecule has 110 valence electrons. The van der Waals surface area contributed by atoms with Crippen molar-refractivity contribution in [2.75, 3.05) is 19.1 Å². The Morgan fingerprint density at radius 2 is 1.86 bits per heavy atom. The second-order valence-corrected chi connectivity index (χ2v) is 5.66. The average molecular weight is 283 g/mol. The highest BCUT2D eigenvalue weighted by Gasteiger charge is 2.22. The van der Waals surface area contributed by atoms with Crippen molar-refractivity contribution in [1.29, 1.82) is 0 Å². The molecule has 0 aliphatic heterocycles. The molecule has 3 nitrogen and oxygen atoms in total. The summed E-state index contributed by atoms with van der Waals surface area (Å²) in [5, 5.41) is 9.40. The van der Waals surface area contributed by atoms with Gasteiger partial charge in [-0.2, -0.15) is 0 Å². The fourth-order valence-electron chi connectivity index (χ4n) is 3.07. The lowest BCUT2D eigenvalue weighted by Gasteiger charge is -2.34. The minimum atomic E-state index is 0.313. The molecule has 0 fully saturated rings. The number of ether oxygens (including phenoxy) is 1. The maximum absolute atomic E-state index is 9.40. The fourth-order valence-corrected chi connectivity index (χ4v) is 3.07. The number of hydrogen-bond acceptors (Lipinski definition) is 3. The third-order valence-electron chi connectivity index (χ3n) is 4.42. The minimum Gasteiger partial charge on any atom is -0.508 e.